The van der Waals surface area contributed by atoms with Gasteiger partial charge in [0.25, 0.3) is 0 Å². The van der Waals surface area contributed by atoms with Crippen molar-refractivity contribution in [1.82, 2.24) is 10.2 Å². The first-order chi connectivity index (χ1) is 19.9. The van der Waals surface area contributed by atoms with Gasteiger partial charge in [0.1, 0.15) is 11.2 Å². The molecule has 0 saturated carbocycles. The third-order valence-electron chi connectivity index (χ3n) is 7.56. The van der Waals surface area contributed by atoms with E-state index >= 15 is 0 Å². The molecule has 6 atom stereocenters. The maximum atomic E-state index is 12.3. The quantitative estimate of drug-likeness (QED) is 0.191. The first-order valence-electron chi connectivity index (χ1n) is 15.8. The summed E-state index contributed by atoms with van der Waals surface area (Å²) >= 11 is 0. The Hall–Kier alpha value is -1.71. The van der Waals surface area contributed by atoms with Gasteiger partial charge in [0.2, 0.25) is 0 Å². The molecule has 0 unspecified atom stereocenters. The number of carbonyl (C=O) groups is 2. The Balaban J connectivity index is 0. The molecule has 0 amide bonds. The van der Waals surface area contributed by atoms with Crippen LogP contribution < -0.4 is 5.32 Å². The third-order valence-corrected chi connectivity index (χ3v) is 7.56. The number of halogens is 1. The van der Waals surface area contributed by atoms with Gasteiger partial charge in [-0.2, -0.15) is 0 Å². The standard InChI is InChI=1S/C21H35NO3.C14H29NO3.ClH/c1-8-16(2)20(22(6)15-17-12-10-9-11-13-17)18(24-7)14-19(23)25-21(3,4)5;1-8-10(2)13(15-6)11(17-7)9-12(16)18-14(3,4)5;/h9-13,16,18,20H,8,14-15H2,1-7H3;10-11,13,15H,8-9H2,1-7H3;1H/t16-,18+,20-;10-,11+,13-;/m00./s1. The van der Waals surface area contributed by atoms with Crippen molar-refractivity contribution in [2.75, 3.05) is 28.3 Å². The highest BCUT2D eigenvalue weighted by Gasteiger charge is 2.33. The van der Waals surface area contributed by atoms with Gasteiger partial charge in [-0.05, 0) is 73.0 Å². The number of ether oxygens (including phenoxy) is 4. The zero-order valence-corrected chi connectivity index (χ0v) is 31.0. The number of benzene rings is 1. The van der Waals surface area contributed by atoms with E-state index in [0.29, 0.717) is 11.8 Å². The fraction of sp³-hybridized carbons (Fsp3) is 0.771. The minimum absolute atomic E-state index is 0. The van der Waals surface area contributed by atoms with Gasteiger partial charge in [-0.3, -0.25) is 14.5 Å². The van der Waals surface area contributed by atoms with Crippen molar-refractivity contribution >= 4 is 24.3 Å². The summed E-state index contributed by atoms with van der Waals surface area (Å²) < 4.78 is 22.0. The number of rotatable bonds is 16. The maximum absolute atomic E-state index is 12.3. The number of nitrogens with zero attached hydrogens (tertiary/aromatic N) is 1. The van der Waals surface area contributed by atoms with E-state index in [0.717, 1.165) is 19.4 Å². The number of likely N-dealkylation sites (N-methyl/N-ethyl adjacent to an activating group) is 2. The molecule has 0 aliphatic heterocycles. The largest absolute Gasteiger partial charge is 0.460 e. The summed E-state index contributed by atoms with van der Waals surface area (Å²) in [6.07, 6.45) is 2.27. The van der Waals surface area contributed by atoms with E-state index in [1.165, 1.54) is 5.56 Å². The van der Waals surface area contributed by atoms with Gasteiger partial charge in [0.05, 0.1) is 25.0 Å². The second kappa shape index (κ2) is 21.9. The highest BCUT2D eigenvalue weighted by atomic mass is 35.5. The average molecular weight is 645 g/mol. The number of esters is 2. The van der Waals surface area contributed by atoms with Gasteiger partial charge < -0.3 is 24.3 Å². The molecule has 0 heterocycles. The van der Waals surface area contributed by atoms with Gasteiger partial charge in [-0.15, -0.1) is 12.4 Å². The van der Waals surface area contributed by atoms with Crippen LogP contribution in [0.4, 0.5) is 0 Å². The van der Waals surface area contributed by atoms with Crippen LogP contribution >= 0.6 is 12.4 Å². The van der Waals surface area contributed by atoms with Crippen molar-refractivity contribution in [3.05, 3.63) is 35.9 Å². The normalized spacial score (nSPS) is 15.9. The molecule has 0 saturated heterocycles. The predicted octanol–water partition coefficient (Wildman–Crippen LogP) is 7.07. The molecular formula is C35H65ClN2O6. The van der Waals surface area contributed by atoms with Crippen LogP contribution in [-0.4, -0.2) is 80.6 Å². The Morgan fingerprint density at radius 1 is 0.795 bits per heavy atom. The number of hydrogen-bond acceptors (Lipinski definition) is 8. The van der Waals surface area contributed by atoms with Gasteiger partial charge in [0.15, 0.2) is 0 Å². The molecule has 0 fully saturated rings. The molecule has 0 spiro atoms. The van der Waals surface area contributed by atoms with E-state index in [9.17, 15) is 9.59 Å². The van der Waals surface area contributed by atoms with Crippen molar-refractivity contribution in [1.29, 1.82) is 0 Å². The van der Waals surface area contributed by atoms with E-state index in [1.807, 2.05) is 54.7 Å². The topological polar surface area (TPSA) is 86.3 Å². The molecule has 1 rings (SSSR count). The lowest BCUT2D eigenvalue weighted by molar-refractivity contribution is -0.160. The zero-order valence-electron chi connectivity index (χ0n) is 30.2. The van der Waals surface area contributed by atoms with Gasteiger partial charge in [-0.1, -0.05) is 70.9 Å². The summed E-state index contributed by atoms with van der Waals surface area (Å²) in [6, 6.07) is 10.7. The Labute approximate surface area is 275 Å². The first kappa shape index (κ1) is 44.4. The van der Waals surface area contributed by atoms with E-state index in [1.54, 1.807) is 14.2 Å². The van der Waals surface area contributed by atoms with E-state index in [2.05, 4.69) is 69.2 Å². The van der Waals surface area contributed by atoms with Crippen molar-refractivity contribution in [2.24, 2.45) is 11.8 Å². The highest BCUT2D eigenvalue weighted by molar-refractivity contribution is 5.85. The van der Waals surface area contributed by atoms with Crippen molar-refractivity contribution in [3.8, 4) is 0 Å². The van der Waals surface area contributed by atoms with Crippen LogP contribution in [0.1, 0.15) is 100 Å². The molecule has 0 radical (unpaired) electrons. The van der Waals surface area contributed by atoms with Gasteiger partial charge in [-0.25, -0.2) is 0 Å². The fourth-order valence-electron chi connectivity index (χ4n) is 5.19. The summed E-state index contributed by atoms with van der Waals surface area (Å²) in [5.74, 6) is 0.433. The smallest absolute Gasteiger partial charge is 0.309 e. The van der Waals surface area contributed by atoms with Crippen LogP contribution in [0.5, 0.6) is 0 Å². The number of hydrogen-bond donors (Lipinski definition) is 1. The second-order valence-corrected chi connectivity index (χ2v) is 13.6. The molecule has 1 N–H and O–H groups in total. The van der Waals surface area contributed by atoms with E-state index < -0.39 is 11.2 Å². The fourth-order valence-corrected chi connectivity index (χ4v) is 5.19. The van der Waals surface area contributed by atoms with Crippen LogP contribution in [0.25, 0.3) is 0 Å². The van der Waals surface area contributed by atoms with Crippen LogP contribution in [0.2, 0.25) is 0 Å². The van der Waals surface area contributed by atoms with Crippen molar-refractivity contribution in [3.63, 3.8) is 0 Å². The van der Waals surface area contributed by atoms with Crippen molar-refractivity contribution in [2.45, 2.75) is 137 Å². The van der Waals surface area contributed by atoms with Crippen LogP contribution in [0.3, 0.4) is 0 Å². The van der Waals surface area contributed by atoms with Crippen LogP contribution in [0, 0.1) is 11.8 Å². The zero-order chi connectivity index (χ0) is 33.4. The molecule has 44 heavy (non-hydrogen) atoms. The molecule has 0 aliphatic carbocycles. The predicted molar refractivity (Wildman–Crippen MR) is 183 cm³/mol. The van der Waals surface area contributed by atoms with Crippen molar-refractivity contribution < 1.29 is 28.5 Å². The molecule has 1 aromatic carbocycles. The molecule has 0 bridgehead atoms. The minimum atomic E-state index is -0.475. The monoisotopic (exact) mass is 644 g/mol. The van der Waals surface area contributed by atoms with Crippen LogP contribution in [0.15, 0.2) is 30.3 Å². The molecule has 0 aromatic heterocycles. The Morgan fingerprint density at radius 2 is 1.23 bits per heavy atom. The number of methoxy groups -OCH3 is 2. The highest BCUT2D eigenvalue weighted by Crippen LogP contribution is 2.24. The average Bonchev–Trinajstić information content (AvgIpc) is 2.90. The second-order valence-electron chi connectivity index (χ2n) is 13.6. The maximum Gasteiger partial charge on any atom is 0.309 e. The number of nitrogens with one attached hydrogen (secondary N) is 1. The Kier molecular flexibility index (Phi) is 22.1. The summed E-state index contributed by atoms with van der Waals surface area (Å²) in [6.45, 7) is 20.8. The summed E-state index contributed by atoms with van der Waals surface area (Å²) in [4.78, 5) is 26.4. The molecule has 9 heteroatoms. The summed E-state index contributed by atoms with van der Waals surface area (Å²) in [5, 5.41) is 3.24. The lowest BCUT2D eigenvalue weighted by atomic mass is 9.91. The van der Waals surface area contributed by atoms with Gasteiger partial charge in [0, 0.05) is 32.8 Å². The third kappa shape index (κ3) is 18.3. The first-order valence-corrected chi connectivity index (χ1v) is 15.8. The van der Waals surface area contributed by atoms with E-state index in [-0.39, 0.29) is 61.5 Å². The minimum Gasteiger partial charge on any atom is -0.460 e. The van der Waals surface area contributed by atoms with Gasteiger partial charge >= 0.3 is 11.9 Å². The van der Waals surface area contributed by atoms with Crippen LogP contribution in [-0.2, 0) is 35.1 Å². The van der Waals surface area contributed by atoms with E-state index in [4.69, 9.17) is 18.9 Å². The molecule has 258 valence electrons. The molecule has 0 aliphatic rings. The summed E-state index contributed by atoms with van der Waals surface area (Å²) in [5.41, 5.74) is 0.336. The SMILES string of the molecule is CC[C@H](C)[C@@H]([C@@H](CC(=O)OC(C)(C)C)OC)N(C)Cc1ccccc1.CC[C@H](C)[C@H](NC)[C@@H](CC(=O)OC(C)(C)C)OC.Cl. The Bertz CT molecular complexity index is 903. The lowest BCUT2D eigenvalue weighted by Crippen LogP contribution is -2.47. The molecule has 8 nitrogen and oxygen atoms in total. The molecular weight excluding hydrogens is 580 g/mol. The summed E-state index contributed by atoms with van der Waals surface area (Å²) in [7, 11) is 7.32. The molecule has 1 aromatic rings. The number of carbonyl (C=O) groups excluding carboxylic acids is 2. The lowest BCUT2D eigenvalue weighted by Gasteiger charge is -2.37. The Morgan fingerprint density at radius 3 is 1.59 bits per heavy atom.